The van der Waals surface area contributed by atoms with Crippen molar-refractivity contribution in [3.05, 3.63) is 28.8 Å². The molecule has 0 aromatic heterocycles. The number of carbonyl (C=O) groups excluding carboxylic acids is 2. The smallest absolute Gasteiger partial charge is 0.257 e. The van der Waals surface area contributed by atoms with E-state index < -0.39 is 5.41 Å². The van der Waals surface area contributed by atoms with Crippen molar-refractivity contribution in [1.29, 1.82) is 0 Å². The minimum atomic E-state index is -0.438. The number of carbonyl (C=O) groups is 2. The van der Waals surface area contributed by atoms with Crippen molar-refractivity contribution in [2.75, 3.05) is 66.1 Å². The fourth-order valence-corrected chi connectivity index (χ4v) is 4.81. The highest BCUT2D eigenvalue weighted by molar-refractivity contribution is 6.31. The third kappa shape index (κ3) is 4.09. The fraction of sp³-hybridized carbons (Fsp3) is 0.619. The van der Waals surface area contributed by atoms with Gasteiger partial charge in [-0.1, -0.05) is 11.6 Å². The molecule has 2 amide bonds. The summed E-state index contributed by atoms with van der Waals surface area (Å²) in [5.74, 6) is 0.574. The Morgan fingerprint density at radius 2 is 1.93 bits per heavy atom. The first-order chi connectivity index (χ1) is 14.0. The second kappa shape index (κ2) is 8.50. The summed E-state index contributed by atoms with van der Waals surface area (Å²) in [7, 11) is 1.54. The van der Waals surface area contributed by atoms with Crippen molar-refractivity contribution in [2.24, 2.45) is 5.41 Å². The molecule has 29 heavy (non-hydrogen) atoms. The van der Waals surface area contributed by atoms with Gasteiger partial charge in [0.05, 0.1) is 31.3 Å². The molecule has 0 N–H and O–H groups in total. The number of morpholine rings is 1. The highest BCUT2D eigenvalue weighted by Crippen LogP contribution is 2.41. The molecule has 3 fully saturated rings. The Kier molecular flexibility index (Phi) is 5.99. The molecule has 1 unspecified atom stereocenters. The molecule has 1 spiro atoms. The van der Waals surface area contributed by atoms with E-state index in [-0.39, 0.29) is 11.8 Å². The maximum atomic E-state index is 13.2. The zero-order valence-corrected chi connectivity index (χ0v) is 17.6. The predicted molar refractivity (Wildman–Crippen MR) is 109 cm³/mol. The predicted octanol–water partition coefficient (Wildman–Crippen LogP) is 1.75. The number of hydrogen-bond donors (Lipinski definition) is 0. The van der Waals surface area contributed by atoms with Gasteiger partial charge in [0.2, 0.25) is 5.91 Å². The normalized spacial score (nSPS) is 25.2. The van der Waals surface area contributed by atoms with Gasteiger partial charge in [-0.05, 0) is 31.0 Å². The van der Waals surface area contributed by atoms with Gasteiger partial charge in [-0.3, -0.25) is 14.5 Å². The van der Waals surface area contributed by atoms with Crippen LogP contribution in [0.15, 0.2) is 18.2 Å². The van der Waals surface area contributed by atoms with Crippen LogP contribution in [0.4, 0.5) is 0 Å². The lowest BCUT2D eigenvalue weighted by Gasteiger charge is -2.29. The lowest BCUT2D eigenvalue weighted by atomic mass is 9.85. The van der Waals surface area contributed by atoms with Crippen LogP contribution in [0.3, 0.4) is 0 Å². The second-order valence-corrected chi connectivity index (χ2v) is 8.53. The molecule has 7 nitrogen and oxygen atoms in total. The molecule has 0 aliphatic carbocycles. The summed E-state index contributed by atoms with van der Waals surface area (Å²) >= 11 is 6.09. The van der Waals surface area contributed by atoms with Crippen LogP contribution in [-0.4, -0.2) is 92.7 Å². The third-order valence-electron chi connectivity index (χ3n) is 6.42. The molecule has 3 aliphatic heterocycles. The molecule has 8 heteroatoms. The summed E-state index contributed by atoms with van der Waals surface area (Å²) < 4.78 is 10.7. The number of nitrogens with zero attached hydrogens (tertiary/aromatic N) is 3. The Morgan fingerprint density at radius 3 is 2.69 bits per heavy atom. The Hall–Kier alpha value is -1.83. The Bertz CT molecular complexity index is 783. The average molecular weight is 422 g/mol. The van der Waals surface area contributed by atoms with Crippen molar-refractivity contribution < 1.29 is 19.1 Å². The topological polar surface area (TPSA) is 62.3 Å². The van der Waals surface area contributed by atoms with Crippen LogP contribution in [0, 0.1) is 5.41 Å². The van der Waals surface area contributed by atoms with Crippen molar-refractivity contribution in [2.45, 2.75) is 12.8 Å². The van der Waals surface area contributed by atoms with Crippen LogP contribution in [0.2, 0.25) is 5.02 Å². The number of rotatable bonds is 5. The molecule has 0 radical (unpaired) electrons. The maximum Gasteiger partial charge on any atom is 0.257 e. The molecule has 3 aliphatic rings. The molecule has 1 aromatic rings. The number of halogens is 1. The van der Waals surface area contributed by atoms with Crippen molar-refractivity contribution in [3.63, 3.8) is 0 Å². The Morgan fingerprint density at radius 1 is 1.17 bits per heavy atom. The van der Waals surface area contributed by atoms with Gasteiger partial charge in [0.25, 0.3) is 5.91 Å². The molecule has 4 rings (SSSR count). The largest absolute Gasteiger partial charge is 0.496 e. The molecule has 0 saturated carbocycles. The molecular weight excluding hydrogens is 394 g/mol. The van der Waals surface area contributed by atoms with E-state index in [9.17, 15) is 9.59 Å². The van der Waals surface area contributed by atoms with Crippen LogP contribution in [0.5, 0.6) is 5.75 Å². The van der Waals surface area contributed by atoms with Crippen LogP contribution in [-0.2, 0) is 9.53 Å². The SMILES string of the molecule is COc1ccc(Cl)cc1C(=O)N1CCC2(CCN(CCN3CCOCC3)C2=O)C1. The number of hydrogen-bond acceptors (Lipinski definition) is 5. The monoisotopic (exact) mass is 421 g/mol. The summed E-state index contributed by atoms with van der Waals surface area (Å²) in [6.45, 7) is 6.83. The maximum absolute atomic E-state index is 13.2. The van der Waals surface area contributed by atoms with Crippen molar-refractivity contribution >= 4 is 23.4 Å². The first kappa shape index (κ1) is 20.4. The van der Waals surface area contributed by atoms with Crippen LogP contribution >= 0.6 is 11.6 Å². The van der Waals surface area contributed by atoms with E-state index >= 15 is 0 Å². The van der Waals surface area contributed by atoms with Gasteiger partial charge < -0.3 is 19.3 Å². The number of benzene rings is 1. The van der Waals surface area contributed by atoms with E-state index in [0.717, 1.165) is 52.4 Å². The third-order valence-corrected chi connectivity index (χ3v) is 6.66. The number of likely N-dealkylation sites (tertiary alicyclic amines) is 2. The number of methoxy groups -OCH3 is 1. The summed E-state index contributed by atoms with van der Waals surface area (Å²) in [4.78, 5) is 32.4. The van der Waals surface area contributed by atoms with Gasteiger partial charge in [-0.2, -0.15) is 0 Å². The summed E-state index contributed by atoms with van der Waals surface area (Å²) in [5.41, 5.74) is 0.0126. The standard InChI is InChI=1S/C21H28ClN3O4/c1-28-18-3-2-16(22)14-17(18)19(26)25-7-5-21(15-25)4-6-24(20(21)27)9-8-23-10-12-29-13-11-23/h2-3,14H,4-13,15H2,1H3. The first-order valence-electron chi connectivity index (χ1n) is 10.2. The minimum absolute atomic E-state index is 0.124. The molecule has 0 bridgehead atoms. The average Bonchev–Trinajstić information content (AvgIpc) is 3.31. The Balaban J connectivity index is 1.39. The zero-order chi connectivity index (χ0) is 20.4. The van der Waals surface area contributed by atoms with Crippen LogP contribution in [0.1, 0.15) is 23.2 Å². The minimum Gasteiger partial charge on any atom is -0.496 e. The lowest BCUT2D eigenvalue weighted by molar-refractivity contribution is -0.135. The molecule has 1 aromatic carbocycles. The molecule has 158 valence electrons. The van der Waals surface area contributed by atoms with Gasteiger partial charge in [-0.15, -0.1) is 0 Å². The summed E-state index contributed by atoms with van der Waals surface area (Å²) in [5, 5.41) is 0.495. The van der Waals surface area contributed by atoms with Gasteiger partial charge in [0, 0.05) is 50.8 Å². The molecule has 3 saturated heterocycles. The summed E-state index contributed by atoms with van der Waals surface area (Å²) in [6, 6.07) is 5.05. The number of amides is 2. The van der Waals surface area contributed by atoms with E-state index in [1.54, 1.807) is 30.2 Å². The quantitative estimate of drug-likeness (QED) is 0.724. The van der Waals surface area contributed by atoms with Gasteiger partial charge in [0.15, 0.2) is 0 Å². The van der Waals surface area contributed by atoms with Gasteiger partial charge in [0.1, 0.15) is 5.75 Å². The highest BCUT2D eigenvalue weighted by atomic mass is 35.5. The van der Waals surface area contributed by atoms with Crippen LogP contribution in [0.25, 0.3) is 0 Å². The molecule has 3 heterocycles. The van der Waals surface area contributed by atoms with Crippen LogP contribution < -0.4 is 4.74 Å². The second-order valence-electron chi connectivity index (χ2n) is 8.10. The Labute approximate surface area is 176 Å². The fourth-order valence-electron chi connectivity index (χ4n) is 4.64. The number of ether oxygens (including phenoxy) is 2. The molecular formula is C21H28ClN3O4. The van der Waals surface area contributed by atoms with E-state index in [1.165, 1.54) is 0 Å². The lowest BCUT2D eigenvalue weighted by Crippen LogP contribution is -2.43. The van der Waals surface area contributed by atoms with Gasteiger partial charge >= 0.3 is 0 Å². The summed E-state index contributed by atoms with van der Waals surface area (Å²) in [6.07, 6.45) is 1.53. The van der Waals surface area contributed by atoms with E-state index in [2.05, 4.69) is 4.90 Å². The highest BCUT2D eigenvalue weighted by Gasteiger charge is 2.51. The van der Waals surface area contributed by atoms with Crippen molar-refractivity contribution in [3.8, 4) is 5.75 Å². The van der Waals surface area contributed by atoms with E-state index in [4.69, 9.17) is 21.1 Å². The first-order valence-corrected chi connectivity index (χ1v) is 10.6. The zero-order valence-electron chi connectivity index (χ0n) is 16.9. The van der Waals surface area contributed by atoms with Crippen molar-refractivity contribution in [1.82, 2.24) is 14.7 Å². The molecule has 1 atom stereocenters. The van der Waals surface area contributed by atoms with E-state index in [0.29, 0.717) is 35.8 Å². The van der Waals surface area contributed by atoms with Gasteiger partial charge in [-0.25, -0.2) is 0 Å². The van der Waals surface area contributed by atoms with E-state index in [1.807, 2.05) is 4.90 Å².